The van der Waals surface area contributed by atoms with Crippen molar-refractivity contribution in [2.45, 2.75) is 52.1 Å². The zero-order valence-corrected chi connectivity index (χ0v) is 29.4. The van der Waals surface area contributed by atoms with Crippen LogP contribution in [0.5, 0.6) is 5.75 Å². The minimum atomic E-state index is -3.49. The molecule has 1 aromatic heterocycles. The molecule has 0 saturated carbocycles. The van der Waals surface area contributed by atoms with Crippen LogP contribution in [0.25, 0.3) is 0 Å². The molecule has 0 bridgehead atoms. The van der Waals surface area contributed by atoms with Crippen LogP contribution < -0.4 is 24.6 Å². The highest BCUT2D eigenvalue weighted by atomic mass is 35.5. The third-order valence-corrected chi connectivity index (χ3v) is 10.3. The van der Waals surface area contributed by atoms with Gasteiger partial charge in [0.15, 0.2) is 5.82 Å². The molecule has 2 N–H and O–H groups in total. The first-order valence-electron chi connectivity index (χ1n) is 15.7. The quantitative estimate of drug-likeness (QED) is 0.266. The molecule has 2 saturated heterocycles. The lowest BCUT2D eigenvalue weighted by atomic mass is 9.71. The molecule has 1 spiro atoms. The number of benzene rings is 2. The number of hydrogen-bond acceptors (Lipinski definition) is 10. The molecule has 1 amide bonds. The Labute approximate surface area is 282 Å². The maximum Gasteiger partial charge on any atom is 0.410 e. The summed E-state index contributed by atoms with van der Waals surface area (Å²) in [7, 11) is -0.376. The first-order valence-corrected chi connectivity index (χ1v) is 17.9. The largest absolute Gasteiger partial charge is 0.494 e. The summed E-state index contributed by atoms with van der Waals surface area (Å²) in [6.07, 6.45) is 6.51. The first-order chi connectivity index (χ1) is 22.2. The van der Waals surface area contributed by atoms with Gasteiger partial charge in [0.25, 0.3) is 0 Å². The van der Waals surface area contributed by atoms with E-state index in [1.54, 1.807) is 31.4 Å². The van der Waals surface area contributed by atoms with Crippen molar-refractivity contribution in [2.75, 3.05) is 66.4 Å². The summed E-state index contributed by atoms with van der Waals surface area (Å²) in [6.45, 7) is 9.01. The lowest BCUT2D eigenvalue weighted by Gasteiger charge is -2.47. The van der Waals surface area contributed by atoms with Gasteiger partial charge in [0, 0.05) is 45.0 Å². The molecule has 0 radical (unpaired) electrons. The summed E-state index contributed by atoms with van der Waals surface area (Å²) in [5, 5.41) is 6.65. The Kier molecular flexibility index (Phi) is 9.97. The summed E-state index contributed by atoms with van der Waals surface area (Å²) in [6, 6.07) is 13.0. The number of ether oxygens (including phenoxy) is 2. The molecule has 14 heteroatoms. The number of piperidine rings is 2. The Hall–Kier alpha value is -3.97. The molecule has 2 aromatic carbocycles. The standard InChI is InChI=1S/C33H44ClN7O5S/c1-32(2,3)46-31(42)41-19-15-33(16-20-41)13-17-40(18-14-33)23-11-12-26(28(21-23)45-5)37-30-35-22-24(34)29(38-30)36-25-9-7-8-10-27(25)39(4)47(6,43)44/h7-12,21-22H,13-20H2,1-6H3,(H2,35,36,37,38). The smallest absolute Gasteiger partial charge is 0.410 e. The van der Waals surface area contributed by atoms with E-state index in [0.29, 0.717) is 28.6 Å². The number of rotatable bonds is 8. The molecule has 254 valence electrons. The fourth-order valence-electron chi connectivity index (χ4n) is 6.00. The van der Waals surface area contributed by atoms with E-state index < -0.39 is 15.6 Å². The number of nitrogens with zero attached hydrogens (tertiary/aromatic N) is 5. The molecular formula is C33H44ClN7O5S. The first kappa shape index (κ1) is 34.4. The monoisotopic (exact) mass is 685 g/mol. The van der Waals surface area contributed by atoms with E-state index in [1.165, 1.54) is 17.5 Å². The minimum absolute atomic E-state index is 0.218. The van der Waals surface area contributed by atoms with Crippen molar-refractivity contribution in [3.05, 3.63) is 53.7 Å². The number of anilines is 6. The predicted molar refractivity (Wildman–Crippen MR) is 187 cm³/mol. The summed E-state index contributed by atoms with van der Waals surface area (Å²) in [5.41, 5.74) is 2.49. The van der Waals surface area contributed by atoms with Crippen LogP contribution in [0.3, 0.4) is 0 Å². The number of para-hydroxylation sites is 2. The van der Waals surface area contributed by atoms with E-state index in [4.69, 9.17) is 21.1 Å². The SMILES string of the molecule is COc1cc(N2CCC3(CCN(C(=O)OC(C)(C)C)CC3)CC2)ccc1Nc1ncc(Cl)c(Nc2ccccc2N(C)S(C)(=O)=O)n1. The third kappa shape index (κ3) is 8.31. The van der Waals surface area contributed by atoms with Crippen LogP contribution in [0.1, 0.15) is 46.5 Å². The topological polar surface area (TPSA) is 129 Å². The van der Waals surface area contributed by atoms with Gasteiger partial charge in [-0.1, -0.05) is 23.7 Å². The maximum atomic E-state index is 12.5. The third-order valence-electron chi connectivity index (χ3n) is 8.83. The normalized spacial score (nSPS) is 16.5. The lowest BCUT2D eigenvalue weighted by Crippen LogP contribution is -2.49. The minimum Gasteiger partial charge on any atom is -0.494 e. The van der Waals surface area contributed by atoms with E-state index in [-0.39, 0.29) is 22.5 Å². The van der Waals surface area contributed by atoms with Gasteiger partial charge in [-0.2, -0.15) is 4.98 Å². The second-order valence-electron chi connectivity index (χ2n) is 13.2. The zero-order valence-electron chi connectivity index (χ0n) is 27.8. The van der Waals surface area contributed by atoms with Crippen molar-refractivity contribution in [1.29, 1.82) is 0 Å². The second kappa shape index (κ2) is 13.6. The molecule has 2 aliphatic heterocycles. The van der Waals surface area contributed by atoms with Gasteiger partial charge in [0.2, 0.25) is 16.0 Å². The van der Waals surface area contributed by atoms with Crippen molar-refractivity contribution in [1.82, 2.24) is 14.9 Å². The number of hydrogen-bond donors (Lipinski definition) is 2. The molecule has 47 heavy (non-hydrogen) atoms. The molecule has 0 atom stereocenters. The Morgan fingerprint density at radius 2 is 1.66 bits per heavy atom. The van der Waals surface area contributed by atoms with Crippen molar-refractivity contribution < 1.29 is 22.7 Å². The number of methoxy groups -OCH3 is 1. The molecule has 2 fully saturated rings. The molecule has 0 unspecified atom stereocenters. The average Bonchev–Trinajstić information content (AvgIpc) is 3.02. The van der Waals surface area contributed by atoms with E-state index in [1.807, 2.05) is 37.8 Å². The van der Waals surface area contributed by atoms with Crippen LogP contribution in [-0.4, -0.2) is 81.6 Å². The van der Waals surface area contributed by atoms with E-state index >= 15 is 0 Å². The number of halogens is 1. The Morgan fingerprint density at radius 1 is 1.00 bits per heavy atom. The van der Waals surface area contributed by atoms with Crippen LogP contribution in [0, 0.1) is 5.41 Å². The molecule has 3 heterocycles. The lowest BCUT2D eigenvalue weighted by molar-refractivity contribution is 0.00665. The van der Waals surface area contributed by atoms with Crippen molar-refractivity contribution >= 4 is 62.2 Å². The summed E-state index contributed by atoms with van der Waals surface area (Å²) in [4.78, 5) is 25.7. The Morgan fingerprint density at radius 3 is 2.30 bits per heavy atom. The molecule has 2 aliphatic rings. The van der Waals surface area contributed by atoms with Gasteiger partial charge >= 0.3 is 6.09 Å². The average molecular weight is 686 g/mol. The van der Waals surface area contributed by atoms with Crippen LogP contribution in [0.15, 0.2) is 48.7 Å². The van der Waals surface area contributed by atoms with Crippen molar-refractivity contribution in [3.8, 4) is 5.75 Å². The zero-order chi connectivity index (χ0) is 34.0. The summed E-state index contributed by atoms with van der Waals surface area (Å²) < 4.78 is 36.9. The number of carbonyl (C=O) groups is 1. The van der Waals surface area contributed by atoms with Gasteiger partial charge in [-0.25, -0.2) is 18.2 Å². The molecule has 0 aliphatic carbocycles. The fourth-order valence-corrected chi connectivity index (χ4v) is 6.66. The molecule has 3 aromatic rings. The van der Waals surface area contributed by atoms with E-state index in [0.717, 1.165) is 63.8 Å². The summed E-state index contributed by atoms with van der Waals surface area (Å²) in [5.74, 6) is 1.24. The van der Waals surface area contributed by atoms with Crippen LogP contribution in [-0.2, 0) is 14.8 Å². The number of sulfonamides is 1. The van der Waals surface area contributed by atoms with Gasteiger partial charge in [0.05, 0.1) is 36.6 Å². The van der Waals surface area contributed by atoms with E-state index in [9.17, 15) is 13.2 Å². The van der Waals surface area contributed by atoms with Gasteiger partial charge in [0.1, 0.15) is 16.4 Å². The van der Waals surface area contributed by atoms with Crippen LogP contribution >= 0.6 is 11.6 Å². The molecule has 12 nitrogen and oxygen atoms in total. The Bertz CT molecular complexity index is 1700. The molecular weight excluding hydrogens is 642 g/mol. The number of nitrogens with one attached hydrogen (secondary N) is 2. The maximum absolute atomic E-state index is 12.5. The highest BCUT2D eigenvalue weighted by Gasteiger charge is 2.39. The number of amides is 1. The van der Waals surface area contributed by atoms with Gasteiger partial charge in [-0.15, -0.1) is 0 Å². The second-order valence-corrected chi connectivity index (χ2v) is 15.6. The van der Waals surface area contributed by atoms with Gasteiger partial charge in [-0.05, 0) is 76.1 Å². The van der Waals surface area contributed by atoms with Crippen LogP contribution in [0.4, 0.5) is 39.3 Å². The highest BCUT2D eigenvalue weighted by Crippen LogP contribution is 2.43. The van der Waals surface area contributed by atoms with E-state index in [2.05, 4.69) is 31.6 Å². The van der Waals surface area contributed by atoms with Gasteiger partial charge < -0.3 is 29.9 Å². The van der Waals surface area contributed by atoms with Crippen molar-refractivity contribution in [2.24, 2.45) is 5.41 Å². The highest BCUT2D eigenvalue weighted by molar-refractivity contribution is 7.92. The summed E-state index contributed by atoms with van der Waals surface area (Å²) >= 11 is 6.43. The van der Waals surface area contributed by atoms with Crippen molar-refractivity contribution in [3.63, 3.8) is 0 Å². The number of carbonyl (C=O) groups excluding carboxylic acids is 1. The molecule has 5 rings (SSSR count). The van der Waals surface area contributed by atoms with Crippen LogP contribution in [0.2, 0.25) is 5.02 Å². The predicted octanol–water partition coefficient (Wildman–Crippen LogP) is 6.64. The number of aromatic nitrogens is 2. The fraction of sp³-hybridized carbons (Fsp3) is 0.485. The van der Waals surface area contributed by atoms with Gasteiger partial charge in [-0.3, -0.25) is 4.31 Å². The Balaban J connectivity index is 1.23. The number of likely N-dealkylation sites (tertiary alicyclic amines) is 1.